The maximum atomic E-state index is 12.8. The van der Waals surface area contributed by atoms with Gasteiger partial charge in [0.15, 0.2) is 0 Å². The van der Waals surface area contributed by atoms with Crippen molar-refractivity contribution in [2.45, 2.75) is 39.3 Å². The molecule has 2 aromatic rings. The van der Waals surface area contributed by atoms with Gasteiger partial charge in [-0.1, -0.05) is 17.3 Å². The Labute approximate surface area is 141 Å². The molecule has 128 valence electrons. The fourth-order valence-electron chi connectivity index (χ4n) is 2.90. The maximum absolute atomic E-state index is 12.8. The highest BCUT2D eigenvalue weighted by Crippen LogP contribution is 2.24. The smallest absolute Gasteiger partial charge is 0.257 e. The van der Waals surface area contributed by atoms with Crippen LogP contribution in [0.15, 0.2) is 28.8 Å². The molecule has 1 aromatic carbocycles. The Morgan fingerprint density at radius 1 is 1.33 bits per heavy atom. The van der Waals surface area contributed by atoms with Gasteiger partial charge in [0.1, 0.15) is 18.1 Å². The maximum Gasteiger partial charge on any atom is 0.257 e. The molecule has 6 nitrogen and oxygen atoms in total. The second-order valence-corrected chi connectivity index (χ2v) is 6.22. The van der Waals surface area contributed by atoms with Crippen molar-refractivity contribution in [1.82, 2.24) is 10.1 Å². The molecule has 1 aliphatic heterocycles. The van der Waals surface area contributed by atoms with Crippen LogP contribution in [0.5, 0.6) is 5.75 Å². The number of aromatic nitrogens is 1. The zero-order valence-corrected chi connectivity index (χ0v) is 14.1. The van der Waals surface area contributed by atoms with Crippen LogP contribution in [0.4, 0.5) is 0 Å². The summed E-state index contributed by atoms with van der Waals surface area (Å²) in [5, 5.41) is 3.92. The molecule has 1 aliphatic rings. The fraction of sp³-hybridized carbons (Fsp3) is 0.444. The lowest BCUT2D eigenvalue weighted by Crippen LogP contribution is -2.42. The molecule has 0 bridgehead atoms. The first-order valence-corrected chi connectivity index (χ1v) is 8.24. The van der Waals surface area contributed by atoms with Crippen LogP contribution in [-0.4, -0.2) is 35.1 Å². The molecule has 2 heterocycles. The summed E-state index contributed by atoms with van der Waals surface area (Å²) < 4.78 is 11.1. The lowest BCUT2D eigenvalue weighted by molar-refractivity contribution is 0.0710. The third kappa shape index (κ3) is 3.43. The quantitative estimate of drug-likeness (QED) is 0.931. The monoisotopic (exact) mass is 329 g/mol. The van der Waals surface area contributed by atoms with Crippen LogP contribution in [0, 0.1) is 13.8 Å². The highest BCUT2D eigenvalue weighted by molar-refractivity contribution is 5.97. The number of nitrogens with zero attached hydrogens (tertiary/aromatic N) is 2. The van der Waals surface area contributed by atoms with E-state index < -0.39 is 0 Å². The summed E-state index contributed by atoms with van der Waals surface area (Å²) in [4.78, 5) is 14.6. The molecule has 0 aliphatic carbocycles. The van der Waals surface area contributed by atoms with E-state index in [4.69, 9.17) is 15.0 Å². The van der Waals surface area contributed by atoms with Gasteiger partial charge >= 0.3 is 0 Å². The molecule has 0 unspecified atom stereocenters. The van der Waals surface area contributed by atoms with E-state index in [-0.39, 0.29) is 11.9 Å². The summed E-state index contributed by atoms with van der Waals surface area (Å²) >= 11 is 0. The van der Waals surface area contributed by atoms with E-state index in [2.05, 4.69) is 5.16 Å². The van der Waals surface area contributed by atoms with Crippen molar-refractivity contribution in [2.75, 3.05) is 13.1 Å². The largest absolute Gasteiger partial charge is 0.488 e. The Kier molecular flexibility index (Phi) is 4.85. The molecule has 1 amide bonds. The van der Waals surface area contributed by atoms with Gasteiger partial charge in [-0.3, -0.25) is 4.79 Å². The number of amides is 1. The minimum Gasteiger partial charge on any atom is -0.488 e. The van der Waals surface area contributed by atoms with Gasteiger partial charge in [0.05, 0.1) is 16.8 Å². The number of ether oxygens (including phenoxy) is 1. The van der Waals surface area contributed by atoms with Crippen LogP contribution in [0.1, 0.15) is 40.2 Å². The zero-order valence-electron chi connectivity index (χ0n) is 14.1. The van der Waals surface area contributed by atoms with Crippen LogP contribution >= 0.6 is 0 Å². The Morgan fingerprint density at radius 2 is 2.04 bits per heavy atom. The Hall–Kier alpha value is -2.34. The van der Waals surface area contributed by atoms with E-state index in [1.54, 1.807) is 6.07 Å². The normalized spacial score (nSPS) is 15.5. The third-order valence-electron chi connectivity index (χ3n) is 4.50. The minimum atomic E-state index is -0.00346. The number of likely N-dealkylation sites (tertiary alicyclic amines) is 1. The SMILES string of the molecule is Cc1noc(C)c1COc1ccccc1C(=O)N1CCC(N)CC1. The molecule has 0 saturated carbocycles. The number of para-hydroxylation sites is 1. The van der Waals surface area contributed by atoms with Crippen LogP contribution in [-0.2, 0) is 6.61 Å². The van der Waals surface area contributed by atoms with Crippen molar-refractivity contribution in [2.24, 2.45) is 5.73 Å². The molecule has 0 atom stereocenters. The topological polar surface area (TPSA) is 81.6 Å². The summed E-state index contributed by atoms with van der Waals surface area (Å²) in [6, 6.07) is 7.54. The third-order valence-corrected chi connectivity index (χ3v) is 4.50. The van der Waals surface area contributed by atoms with E-state index >= 15 is 0 Å². The van der Waals surface area contributed by atoms with Gasteiger partial charge in [0.2, 0.25) is 0 Å². The van der Waals surface area contributed by atoms with Crippen molar-refractivity contribution in [3.05, 3.63) is 46.8 Å². The van der Waals surface area contributed by atoms with E-state index in [1.165, 1.54) is 0 Å². The van der Waals surface area contributed by atoms with Crippen molar-refractivity contribution in [3.63, 3.8) is 0 Å². The average Bonchev–Trinajstić information content (AvgIpc) is 2.91. The highest BCUT2D eigenvalue weighted by Gasteiger charge is 2.24. The second-order valence-electron chi connectivity index (χ2n) is 6.22. The lowest BCUT2D eigenvalue weighted by atomic mass is 10.0. The number of carbonyl (C=O) groups excluding carboxylic acids is 1. The number of hydrogen-bond donors (Lipinski definition) is 1. The van der Waals surface area contributed by atoms with Crippen molar-refractivity contribution < 1.29 is 14.1 Å². The number of rotatable bonds is 4. The fourth-order valence-corrected chi connectivity index (χ4v) is 2.90. The van der Waals surface area contributed by atoms with Gasteiger partial charge in [-0.2, -0.15) is 0 Å². The van der Waals surface area contributed by atoms with Crippen molar-refractivity contribution in [1.29, 1.82) is 0 Å². The van der Waals surface area contributed by atoms with Crippen molar-refractivity contribution >= 4 is 5.91 Å². The van der Waals surface area contributed by atoms with Crippen LogP contribution < -0.4 is 10.5 Å². The number of carbonyl (C=O) groups is 1. The molecule has 0 spiro atoms. The van der Waals surface area contributed by atoms with Gasteiger partial charge in [0.25, 0.3) is 5.91 Å². The molecule has 1 saturated heterocycles. The first-order valence-electron chi connectivity index (χ1n) is 8.24. The molecular weight excluding hydrogens is 306 g/mol. The van der Waals surface area contributed by atoms with Crippen LogP contribution in [0.3, 0.4) is 0 Å². The molecule has 24 heavy (non-hydrogen) atoms. The van der Waals surface area contributed by atoms with Gasteiger partial charge < -0.3 is 19.9 Å². The molecule has 1 aromatic heterocycles. The highest BCUT2D eigenvalue weighted by atomic mass is 16.5. The molecule has 6 heteroatoms. The van der Waals surface area contributed by atoms with Gasteiger partial charge in [-0.05, 0) is 38.8 Å². The van der Waals surface area contributed by atoms with E-state index in [0.717, 1.165) is 29.9 Å². The first-order chi connectivity index (χ1) is 11.6. The van der Waals surface area contributed by atoms with E-state index in [0.29, 0.717) is 31.0 Å². The van der Waals surface area contributed by atoms with E-state index in [1.807, 2.05) is 36.9 Å². The summed E-state index contributed by atoms with van der Waals surface area (Å²) in [5.41, 5.74) is 8.23. The second kappa shape index (κ2) is 7.05. The lowest BCUT2D eigenvalue weighted by Gasteiger charge is -2.30. The molecule has 0 radical (unpaired) electrons. The molecule has 2 N–H and O–H groups in total. The van der Waals surface area contributed by atoms with Crippen LogP contribution in [0.2, 0.25) is 0 Å². The Bertz CT molecular complexity index is 699. The Balaban J connectivity index is 1.74. The van der Waals surface area contributed by atoms with Gasteiger partial charge in [-0.15, -0.1) is 0 Å². The summed E-state index contributed by atoms with van der Waals surface area (Å²) in [5.74, 6) is 1.31. The zero-order chi connectivity index (χ0) is 17.1. The van der Waals surface area contributed by atoms with Crippen molar-refractivity contribution in [3.8, 4) is 5.75 Å². The average molecular weight is 329 g/mol. The number of benzene rings is 1. The number of aryl methyl sites for hydroxylation is 2. The van der Waals surface area contributed by atoms with E-state index in [9.17, 15) is 4.79 Å². The number of piperidine rings is 1. The predicted octanol–water partition coefficient (Wildman–Crippen LogP) is 2.43. The summed E-state index contributed by atoms with van der Waals surface area (Å²) in [7, 11) is 0. The van der Waals surface area contributed by atoms with Gasteiger partial charge in [-0.25, -0.2) is 0 Å². The number of hydrogen-bond acceptors (Lipinski definition) is 5. The number of nitrogens with two attached hydrogens (primary N) is 1. The summed E-state index contributed by atoms with van der Waals surface area (Å²) in [6.07, 6.45) is 1.68. The Morgan fingerprint density at radius 3 is 2.71 bits per heavy atom. The standard InChI is InChI=1S/C18H23N3O3/c1-12-16(13(2)24-20-12)11-23-17-6-4-3-5-15(17)18(22)21-9-7-14(19)8-10-21/h3-6,14H,7-11,19H2,1-2H3. The molecule has 1 fully saturated rings. The predicted molar refractivity (Wildman–Crippen MR) is 89.9 cm³/mol. The first kappa shape index (κ1) is 16.5. The minimum absolute atomic E-state index is 0.00346. The summed E-state index contributed by atoms with van der Waals surface area (Å²) in [6.45, 7) is 5.45. The molecule has 3 rings (SSSR count). The van der Waals surface area contributed by atoms with Gasteiger partial charge in [0, 0.05) is 19.1 Å². The molecular formula is C18H23N3O3. The van der Waals surface area contributed by atoms with Crippen LogP contribution in [0.25, 0.3) is 0 Å².